The SMILES string of the molecule is CN=C(NCCCOc1ccc(F)cc1)NCc1ccc2c(c1)OCO2.I. The molecule has 2 aromatic carbocycles. The standard InChI is InChI=1S/C19H22FN3O3.HI/c1-21-19(22-9-2-10-24-16-6-4-15(20)5-7-16)23-12-14-3-8-17-18(11-14)26-13-25-17;/h3-8,11H,2,9-10,12-13H2,1H3,(H2,21,22,23);1H. The van der Waals surface area contributed by atoms with Crippen LogP contribution in [-0.2, 0) is 6.54 Å². The van der Waals surface area contributed by atoms with Crippen LogP contribution in [0.2, 0.25) is 0 Å². The molecule has 1 aliphatic rings. The molecule has 0 aromatic heterocycles. The van der Waals surface area contributed by atoms with Crippen LogP contribution >= 0.6 is 24.0 Å². The molecule has 146 valence electrons. The number of benzene rings is 2. The second-order valence-electron chi connectivity index (χ2n) is 5.70. The highest BCUT2D eigenvalue weighted by Gasteiger charge is 2.13. The Morgan fingerprint density at radius 3 is 2.67 bits per heavy atom. The minimum absolute atomic E-state index is 0. The van der Waals surface area contributed by atoms with Crippen LogP contribution in [0.1, 0.15) is 12.0 Å². The monoisotopic (exact) mass is 487 g/mol. The van der Waals surface area contributed by atoms with Crippen molar-refractivity contribution in [1.82, 2.24) is 10.6 Å². The van der Waals surface area contributed by atoms with Crippen LogP contribution in [0.15, 0.2) is 47.5 Å². The Balaban J connectivity index is 0.00000261. The van der Waals surface area contributed by atoms with Crippen LogP contribution < -0.4 is 24.8 Å². The summed E-state index contributed by atoms with van der Waals surface area (Å²) in [7, 11) is 1.73. The molecule has 0 aliphatic carbocycles. The topological polar surface area (TPSA) is 64.1 Å². The molecule has 0 saturated carbocycles. The molecule has 27 heavy (non-hydrogen) atoms. The van der Waals surface area contributed by atoms with E-state index in [0.29, 0.717) is 31.4 Å². The maximum atomic E-state index is 12.8. The van der Waals surface area contributed by atoms with Gasteiger partial charge in [-0.2, -0.15) is 0 Å². The molecule has 0 fully saturated rings. The van der Waals surface area contributed by atoms with Gasteiger partial charge in [-0.1, -0.05) is 6.07 Å². The van der Waals surface area contributed by atoms with Gasteiger partial charge in [0.1, 0.15) is 11.6 Å². The summed E-state index contributed by atoms with van der Waals surface area (Å²) < 4.78 is 29.1. The van der Waals surface area contributed by atoms with Crippen LogP contribution in [0.3, 0.4) is 0 Å². The second kappa shape index (κ2) is 10.8. The van der Waals surface area contributed by atoms with Gasteiger partial charge in [-0.05, 0) is 48.4 Å². The number of nitrogens with one attached hydrogen (secondary N) is 2. The van der Waals surface area contributed by atoms with Crippen molar-refractivity contribution in [2.45, 2.75) is 13.0 Å². The van der Waals surface area contributed by atoms with E-state index in [9.17, 15) is 4.39 Å². The Bertz CT molecular complexity index is 756. The zero-order valence-corrected chi connectivity index (χ0v) is 17.4. The molecule has 0 bridgehead atoms. The van der Waals surface area contributed by atoms with E-state index in [1.807, 2.05) is 18.2 Å². The van der Waals surface area contributed by atoms with E-state index in [4.69, 9.17) is 14.2 Å². The number of ether oxygens (including phenoxy) is 3. The van der Waals surface area contributed by atoms with E-state index in [-0.39, 0.29) is 36.6 Å². The number of halogens is 2. The van der Waals surface area contributed by atoms with Gasteiger partial charge < -0.3 is 24.8 Å². The van der Waals surface area contributed by atoms with Gasteiger partial charge >= 0.3 is 0 Å². The molecular weight excluding hydrogens is 464 g/mol. The number of aliphatic imine (C=N–C) groups is 1. The van der Waals surface area contributed by atoms with Gasteiger partial charge in [-0.25, -0.2) is 4.39 Å². The molecular formula is C19H23FIN3O3. The third-order valence-electron chi connectivity index (χ3n) is 3.82. The number of rotatable bonds is 7. The predicted molar refractivity (Wildman–Crippen MR) is 113 cm³/mol. The van der Waals surface area contributed by atoms with Gasteiger partial charge in [-0.15, -0.1) is 24.0 Å². The number of fused-ring (bicyclic) bond motifs is 1. The molecule has 1 heterocycles. The maximum absolute atomic E-state index is 12.8. The first-order chi connectivity index (χ1) is 12.7. The average Bonchev–Trinajstić information content (AvgIpc) is 3.13. The maximum Gasteiger partial charge on any atom is 0.231 e. The fourth-order valence-electron chi connectivity index (χ4n) is 2.46. The lowest BCUT2D eigenvalue weighted by Crippen LogP contribution is -2.37. The fraction of sp³-hybridized carbons (Fsp3) is 0.316. The minimum atomic E-state index is -0.267. The number of nitrogens with zero attached hydrogens (tertiary/aromatic N) is 1. The summed E-state index contributed by atoms with van der Waals surface area (Å²) in [5.74, 6) is 2.65. The molecule has 1 aliphatic heterocycles. The van der Waals surface area contributed by atoms with E-state index in [0.717, 1.165) is 23.5 Å². The summed E-state index contributed by atoms with van der Waals surface area (Å²) in [6.07, 6.45) is 0.794. The Hall–Kier alpha value is -2.23. The van der Waals surface area contributed by atoms with Gasteiger partial charge in [-0.3, -0.25) is 4.99 Å². The van der Waals surface area contributed by atoms with Crippen molar-refractivity contribution in [1.29, 1.82) is 0 Å². The van der Waals surface area contributed by atoms with Crippen LogP contribution in [0.4, 0.5) is 4.39 Å². The first-order valence-electron chi connectivity index (χ1n) is 8.46. The molecule has 3 rings (SSSR count). The summed E-state index contributed by atoms with van der Waals surface area (Å²) in [5, 5.41) is 6.48. The second-order valence-corrected chi connectivity index (χ2v) is 5.70. The molecule has 2 aromatic rings. The Morgan fingerprint density at radius 2 is 1.89 bits per heavy atom. The Labute approximate surface area is 175 Å². The van der Waals surface area contributed by atoms with Crippen molar-refractivity contribution in [2.24, 2.45) is 4.99 Å². The van der Waals surface area contributed by atoms with Crippen LogP contribution in [0.5, 0.6) is 17.2 Å². The highest BCUT2D eigenvalue weighted by Crippen LogP contribution is 2.32. The number of hydrogen-bond acceptors (Lipinski definition) is 4. The van der Waals surface area contributed by atoms with Gasteiger partial charge in [0.05, 0.1) is 6.61 Å². The van der Waals surface area contributed by atoms with Gasteiger partial charge in [0.15, 0.2) is 17.5 Å². The van der Waals surface area contributed by atoms with Crippen molar-refractivity contribution in [3.63, 3.8) is 0 Å². The minimum Gasteiger partial charge on any atom is -0.494 e. The molecule has 0 radical (unpaired) electrons. The molecule has 8 heteroatoms. The summed E-state index contributed by atoms with van der Waals surface area (Å²) in [4.78, 5) is 4.20. The largest absolute Gasteiger partial charge is 0.494 e. The van der Waals surface area contributed by atoms with Crippen molar-refractivity contribution >= 4 is 29.9 Å². The molecule has 0 unspecified atom stereocenters. The van der Waals surface area contributed by atoms with Gasteiger partial charge in [0, 0.05) is 20.1 Å². The summed E-state index contributed by atoms with van der Waals surface area (Å²) >= 11 is 0. The zero-order valence-electron chi connectivity index (χ0n) is 15.0. The van der Waals surface area contributed by atoms with Crippen molar-refractivity contribution in [3.05, 3.63) is 53.8 Å². The van der Waals surface area contributed by atoms with Crippen molar-refractivity contribution in [3.8, 4) is 17.2 Å². The van der Waals surface area contributed by atoms with Crippen LogP contribution in [0, 0.1) is 5.82 Å². The summed E-state index contributed by atoms with van der Waals surface area (Å²) in [6.45, 7) is 2.15. The smallest absolute Gasteiger partial charge is 0.231 e. The molecule has 2 N–H and O–H groups in total. The first-order valence-corrected chi connectivity index (χ1v) is 8.46. The summed E-state index contributed by atoms with van der Waals surface area (Å²) in [6, 6.07) is 11.9. The van der Waals surface area contributed by atoms with E-state index >= 15 is 0 Å². The number of guanidine groups is 1. The molecule has 0 saturated heterocycles. The quantitative estimate of drug-likeness (QED) is 0.272. The van der Waals surface area contributed by atoms with Crippen molar-refractivity contribution in [2.75, 3.05) is 27.0 Å². The lowest BCUT2D eigenvalue weighted by molar-refractivity contribution is 0.174. The Morgan fingerprint density at radius 1 is 1.11 bits per heavy atom. The van der Waals surface area contributed by atoms with Gasteiger partial charge in [0.25, 0.3) is 0 Å². The molecule has 0 amide bonds. The van der Waals surface area contributed by atoms with Crippen LogP contribution in [-0.4, -0.2) is 33.0 Å². The average molecular weight is 487 g/mol. The van der Waals surface area contributed by atoms with Crippen molar-refractivity contribution < 1.29 is 18.6 Å². The Kier molecular flexibility index (Phi) is 8.43. The molecule has 0 spiro atoms. The highest BCUT2D eigenvalue weighted by atomic mass is 127. The van der Waals surface area contributed by atoms with E-state index in [1.165, 1.54) is 12.1 Å². The number of hydrogen-bond donors (Lipinski definition) is 2. The highest BCUT2D eigenvalue weighted by molar-refractivity contribution is 14.0. The van der Waals surface area contributed by atoms with E-state index in [1.54, 1.807) is 19.2 Å². The zero-order chi connectivity index (χ0) is 18.2. The molecule has 0 atom stereocenters. The lowest BCUT2D eigenvalue weighted by Gasteiger charge is -2.12. The fourth-order valence-corrected chi connectivity index (χ4v) is 2.46. The van der Waals surface area contributed by atoms with Crippen LogP contribution in [0.25, 0.3) is 0 Å². The lowest BCUT2D eigenvalue weighted by atomic mass is 10.2. The normalized spacial score (nSPS) is 12.3. The van der Waals surface area contributed by atoms with Gasteiger partial charge in [0.2, 0.25) is 6.79 Å². The van der Waals surface area contributed by atoms with E-state index in [2.05, 4.69) is 15.6 Å². The third kappa shape index (κ3) is 6.46. The predicted octanol–water partition coefficient (Wildman–Crippen LogP) is 3.31. The molecule has 6 nitrogen and oxygen atoms in total. The first kappa shape index (κ1) is 21.1. The third-order valence-corrected chi connectivity index (χ3v) is 3.82. The van der Waals surface area contributed by atoms with E-state index < -0.39 is 0 Å². The summed E-state index contributed by atoms with van der Waals surface area (Å²) in [5.41, 5.74) is 1.08.